The molecule has 0 saturated heterocycles. The Morgan fingerprint density at radius 2 is 1.75 bits per heavy atom. The molecule has 0 bridgehead atoms. The third kappa shape index (κ3) is 4.00. The molecule has 0 saturated carbocycles. The Bertz CT molecular complexity index is 1240. The Morgan fingerprint density at radius 3 is 2.39 bits per heavy atom. The summed E-state index contributed by atoms with van der Waals surface area (Å²) in [5, 5.41) is 2.94. The van der Waals surface area contributed by atoms with Gasteiger partial charge in [-0.25, -0.2) is 21.8 Å². The molecule has 1 N–H and O–H groups in total. The number of hydrogen-bond acceptors (Lipinski definition) is 7. The van der Waals surface area contributed by atoms with Crippen LogP contribution in [-0.4, -0.2) is 35.1 Å². The Labute approximate surface area is 166 Å². The summed E-state index contributed by atoms with van der Waals surface area (Å²) in [5.74, 6) is -0.780. The van der Waals surface area contributed by atoms with Crippen LogP contribution >= 0.6 is 11.3 Å². The lowest BCUT2D eigenvalue weighted by molar-refractivity contribution is 0.587. The van der Waals surface area contributed by atoms with Gasteiger partial charge in [0.15, 0.2) is 9.84 Å². The molecule has 148 valence electrons. The van der Waals surface area contributed by atoms with Crippen LogP contribution in [0, 0.1) is 5.95 Å². The molecule has 0 atom stereocenters. The maximum Gasteiger partial charge on any atom is 0.220 e. The van der Waals surface area contributed by atoms with E-state index >= 15 is 0 Å². The molecule has 0 fully saturated rings. The van der Waals surface area contributed by atoms with Gasteiger partial charge in [0.2, 0.25) is 15.8 Å². The van der Waals surface area contributed by atoms with E-state index in [-0.39, 0.29) is 25.1 Å². The second-order valence-corrected chi connectivity index (χ2v) is 11.3. The van der Waals surface area contributed by atoms with Crippen molar-refractivity contribution in [2.24, 2.45) is 0 Å². The molecule has 2 aromatic heterocycles. The summed E-state index contributed by atoms with van der Waals surface area (Å²) >= 11 is 1.01. The lowest BCUT2D eigenvalue weighted by Crippen LogP contribution is -2.04. The van der Waals surface area contributed by atoms with Gasteiger partial charge in [0.25, 0.3) is 0 Å². The van der Waals surface area contributed by atoms with Crippen molar-refractivity contribution in [3.05, 3.63) is 59.5 Å². The van der Waals surface area contributed by atoms with Crippen molar-refractivity contribution in [2.75, 3.05) is 13.3 Å². The first kappa shape index (κ1) is 20.6. The zero-order valence-corrected chi connectivity index (χ0v) is 17.5. The van der Waals surface area contributed by atoms with Crippen LogP contribution < -0.4 is 5.32 Å². The topological polar surface area (TPSA) is 93.2 Å². The predicted octanol–water partition coefficient (Wildman–Crippen LogP) is 2.90. The summed E-state index contributed by atoms with van der Waals surface area (Å²) in [4.78, 5) is 4.02. The van der Waals surface area contributed by atoms with E-state index in [0.29, 0.717) is 11.4 Å². The van der Waals surface area contributed by atoms with Crippen LogP contribution in [0.5, 0.6) is 0 Å². The monoisotopic (exact) mass is 440 g/mol. The molecule has 0 aliphatic carbocycles. The van der Waals surface area contributed by atoms with Crippen LogP contribution in [-0.2, 0) is 26.2 Å². The average Bonchev–Trinajstić information content (AvgIpc) is 3.06. The highest BCUT2D eigenvalue weighted by molar-refractivity contribution is 7.94. The van der Waals surface area contributed by atoms with Crippen LogP contribution in [0.25, 0.3) is 11.1 Å². The van der Waals surface area contributed by atoms with Gasteiger partial charge >= 0.3 is 0 Å². The van der Waals surface area contributed by atoms with E-state index < -0.39 is 25.6 Å². The standard InChI is InChI=1S/C18H17FN2O4S3/c1-20-11-12-9-16(15-7-4-8-21-17(15)19)18(26-12)28(24,25)14-6-3-5-13(10-14)27(2,22)23/h3-10,20H,11H2,1-2H3. The molecular weight excluding hydrogens is 423 g/mol. The van der Waals surface area contributed by atoms with Gasteiger partial charge in [0.1, 0.15) is 4.21 Å². The fourth-order valence-corrected chi connectivity index (χ4v) is 6.55. The molecule has 1 aromatic carbocycles. The zero-order valence-electron chi connectivity index (χ0n) is 15.0. The van der Waals surface area contributed by atoms with E-state index in [0.717, 1.165) is 23.7 Å². The van der Waals surface area contributed by atoms with Gasteiger partial charge in [-0.15, -0.1) is 11.3 Å². The molecule has 2 heterocycles. The van der Waals surface area contributed by atoms with Crippen LogP contribution in [0.3, 0.4) is 0 Å². The van der Waals surface area contributed by atoms with Gasteiger partial charge in [-0.1, -0.05) is 6.07 Å². The molecule has 0 amide bonds. The molecular formula is C18H17FN2O4S3. The highest BCUT2D eigenvalue weighted by Crippen LogP contribution is 2.39. The van der Waals surface area contributed by atoms with Crippen molar-refractivity contribution >= 4 is 31.0 Å². The number of pyridine rings is 1. The Kier molecular flexibility index (Phi) is 5.67. The molecule has 28 heavy (non-hydrogen) atoms. The number of sulfone groups is 2. The average molecular weight is 441 g/mol. The summed E-state index contributed by atoms with van der Waals surface area (Å²) < 4.78 is 64.4. The maximum atomic E-state index is 14.3. The van der Waals surface area contributed by atoms with E-state index in [1.165, 1.54) is 36.5 Å². The van der Waals surface area contributed by atoms with Gasteiger partial charge in [-0.2, -0.15) is 4.39 Å². The van der Waals surface area contributed by atoms with Gasteiger partial charge in [0, 0.05) is 35.0 Å². The second-order valence-electron chi connectivity index (χ2n) is 6.04. The molecule has 0 aliphatic rings. The minimum absolute atomic E-state index is 0.0599. The van der Waals surface area contributed by atoms with Gasteiger partial charge in [-0.3, -0.25) is 0 Å². The summed E-state index contributed by atoms with van der Waals surface area (Å²) in [7, 11) is -5.95. The van der Waals surface area contributed by atoms with Crippen LogP contribution in [0.2, 0.25) is 0 Å². The number of aromatic nitrogens is 1. The van der Waals surface area contributed by atoms with E-state index in [4.69, 9.17) is 0 Å². The number of nitrogens with one attached hydrogen (secondary N) is 1. The van der Waals surface area contributed by atoms with Gasteiger partial charge in [0.05, 0.1) is 9.79 Å². The normalized spacial score (nSPS) is 12.2. The molecule has 10 heteroatoms. The number of hydrogen-bond donors (Lipinski definition) is 1. The lowest BCUT2D eigenvalue weighted by Gasteiger charge is -2.08. The summed E-state index contributed by atoms with van der Waals surface area (Å²) in [6.07, 6.45) is 2.29. The quantitative estimate of drug-likeness (QED) is 0.593. The second kappa shape index (κ2) is 7.70. The minimum atomic E-state index is -4.08. The number of halogens is 1. The van der Waals surface area contributed by atoms with Crippen molar-refractivity contribution in [1.82, 2.24) is 10.3 Å². The van der Waals surface area contributed by atoms with Crippen LogP contribution in [0.4, 0.5) is 4.39 Å². The van der Waals surface area contributed by atoms with Crippen LogP contribution in [0.1, 0.15) is 4.88 Å². The van der Waals surface area contributed by atoms with Gasteiger partial charge in [-0.05, 0) is 43.4 Å². The molecule has 0 unspecified atom stereocenters. The molecule has 6 nitrogen and oxygen atoms in total. The summed E-state index contributed by atoms with van der Waals surface area (Å²) in [6.45, 7) is 0.401. The van der Waals surface area contributed by atoms with Gasteiger partial charge < -0.3 is 5.32 Å². The highest BCUT2D eigenvalue weighted by atomic mass is 32.2. The molecule has 3 aromatic rings. The fraction of sp³-hybridized carbons (Fsp3) is 0.167. The van der Waals surface area contributed by atoms with E-state index in [9.17, 15) is 21.2 Å². The number of benzene rings is 1. The minimum Gasteiger partial charge on any atom is -0.315 e. The van der Waals surface area contributed by atoms with E-state index in [2.05, 4.69) is 10.3 Å². The zero-order chi connectivity index (χ0) is 20.5. The number of rotatable bonds is 6. The van der Waals surface area contributed by atoms with Crippen molar-refractivity contribution in [1.29, 1.82) is 0 Å². The lowest BCUT2D eigenvalue weighted by atomic mass is 10.1. The van der Waals surface area contributed by atoms with E-state index in [1.54, 1.807) is 13.1 Å². The largest absolute Gasteiger partial charge is 0.315 e. The SMILES string of the molecule is CNCc1cc(-c2cccnc2F)c(S(=O)(=O)c2cccc(S(C)(=O)=O)c2)s1. The maximum absolute atomic E-state index is 14.3. The van der Waals surface area contributed by atoms with E-state index in [1.807, 2.05) is 0 Å². The fourth-order valence-electron chi connectivity index (χ4n) is 2.64. The molecule has 0 radical (unpaired) electrons. The Balaban J connectivity index is 2.24. The molecule has 0 aliphatic heterocycles. The number of nitrogens with zero attached hydrogens (tertiary/aromatic N) is 1. The first-order valence-electron chi connectivity index (χ1n) is 8.08. The third-order valence-corrected chi connectivity index (χ3v) is 8.47. The first-order valence-corrected chi connectivity index (χ1v) is 12.3. The predicted molar refractivity (Wildman–Crippen MR) is 105 cm³/mol. The molecule has 3 rings (SSSR count). The summed E-state index contributed by atoms with van der Waals surface area (Å²) in [5.41, 5.74) is 0.268. The van der Waals surface area contributed by atoms with Crippen LogP contribution in [0.15, 0.2) is 62.7 Å². The van der Waals surface area contributed by atoms with Crippen molar-refractivity contribution < 1.29 is 21.2 Å². The first-order chi connectivity index (χ1) is 13.1. The molecule has 0 spiro atoms. The number of thiophene rings is 1. The van der Waals surface area contributed by atoms with Crippen molar-refractivity contribution in [3.63, 3.8) is 0 Å². The highest BCUT2D eigenvalue weighted by Gasteiger charge is 2.27. The Morgan fingerprint density at radius 1 is 1.04 bits per heavy atom. The van der Waals surface area contributed by atoms with Crippen molar-refractivity contribution in [3.8, 4) is 11.1 Å². The van der Waals surface area contributed by atoms with Crippen molar-refractivity contribution in [2.45, 2.75) is 20.5 Å². The summed E-state index contributed by atoms with van der Waals surface area (Å²) in [6, 6.07) is 9.73. The Hall–Kier alpha value is -2.14. The third-order valence-electron chi connectivity index (χ3n) is 3.94. The smallest absolute Gasteiger partial charge is 0.220 e.